The number of esters is 1. The molecule has 0 heterocycles. The summed E-state index contributed by atoms with van der Waals surface area (Å²) >= 11 is 0. The normalized spacial score (nSPS) is 10.9. The van der Waals surface area contributed by atoms with Crippen molar-refractivity contribution in [2.24, 2.45) is 5.73 Å². The number of sulfonamides is 1. The number of ether oxygens (including phenoxy) is 2. The zero-order chi connectivity index (χ0) is 21.4. The molecule has 0 spiro atoms. The predicted octanol–water partition coefficient (Wildman–Crippen LogP) is 1.51. The molecule has 2 aromatic carbocycles. The smallest absolute Gasteiger partial charge is 0.338 e. The number of nitrogens with two attached hydrogens (primary N) is 1. The summed E-state index contributed by atoms with van der Waals surface area (Å²) in [5, 5.41) is 0. The molecule has 0 unspecified atom stereocenters. The van der Waals surface area contributed by atoms with Crippen LogP contribution >= 0.6 is 0 Å². The van der Waals surface area contributed by atoms with Crippen LogP contribution in [0.5, 0.6) is 5.75 Å². The number of hydrogen-bond acceptors (Lipinski definition) is 6. The first-order chi connectivity index (χ1) is 13.7. The van der Waals surface area contributed by atoms with E-state index in [1.54, 1.807) is 24.3 Å². The largest absolute Gasteiger partial charge is 0.484 e. The van der Waals surface area contributed by atoms with E-state index in [2.05, 4.69) is 11.3 Å². The molecule has 0 aliphatic heterocycles. The lowest BCUT2D eigenvalue weighted by molar-refractivity contribution is -0.119. The van der Waals surface area contributed by atoms with Gasteiger partial charge in [0.25, 0.3) is 5.91 Å². The van der Waals surface area contributed by atoms with Crippen molar-refractivity contribution >= 4 is 21.9 Å². The van der Waals surface area contributed by atoms with Gasteiger partial charge in [-0.2, -0.15) is 0 Å². The van der Waals surface area contributed by atoms with Crippen LogP contribution in [0.2, 0.25) is 0 Å². The number of carbonyl (C=O) groups excluding carboxylic acids is 2. The van der Waals surface area contributed by atoms with Crippen molar-refractivity contribution < 1.29 is 31.9 Å². The second kappa shape index (κ2) is 9.80. The van der Waals surface area contributed by atoms with E-state index in [1.165, 1.54) is 6.08 Å². The van der Waals surface area contributed by atoms with Gasteiger partial charge in [-0.05, 0) is 35.9 Å². The summed E-state index contributed by atoms with van der Waals surface area (Å²) in [6, 6.07) is 9.33. The van der Waals surface area contributed by atoms with Gasteiger partial charge in [0, 0.05) is 6.54 Å². The summed E-state index contributed by atoms with van der Waals surface area (Å²) in [7, 11) is -4.15. The van der Waals surface area contributed by atoms with Gasteiger partial charge in [0.05, 0.1) is 5.56 Å². The van der Waals surface area contributed by atoms with Crippen LogP contribution in [-0.2, 0) is 26.2 Å². The first-order valence-electron chi connectivity index (χ1n) is 8.30. The maximum absolute atomic E-state index is 13.9. The highest BCUT2D eigenvalue weighted by molar-refractivity contribution is 7.89. The molecule has 0 atom stereocenters. The summed E-state index contributed by atoms with van der Waals surface area (Å²) < 4.78 is 50.6. The van der Waals surface area contributed by atoms with Gasteiger partial charge in [-0.3, -0.25) is 4.79 Å². The molecule has 0 aliphatic carbocycles. The maximum Gasteiger partial charge on any atom is 0.338 e. The Kier molecular flexibility index (Phi) is 7.46. The lowest BCUT2D eigenvalue weighted by Gasteiger charge is -2.10. The van der Waals surface area contributed by atoms with E-state index in [1.807, 2.05) is 0 Å². The Morgan fingerprint density at radius 2 is 1.97 bits per heavy atom. The number of benzene rings is 2. The summed E-state index contributed by atoms with van der Waals surface area (Å²) in [5.41, 5.74) is 5.43. The Bertz CT molecular complexity index is 1020. The summed E-state index contributed by atoms with van der Waals surface area (Å²) in [4.78, 5) is 22.3. The molecule has 8 nitrogen and oxygen atoms in total. The lowest BCUT2D eigenvalue weighted by atomic mass is 10.2. The van der Waals surface area contributed by atoms with E-state index in [4.69, 9.17) is 15.2 Å². The predicted molar refractivity (Wildman–Crippen MR) is 102 cm³/mol. The number of nitrogens with one attached hydrogen (secondary N) is 1. The van der Waals surface area contributed by atoms with Gasteiger partial charge in [-0.1, -0.05) is 18.2 Å². The van der Waals surface area contributed by atoms with Gasteiger partial charge in [-0.25, -0.2) is 22.3 Å². The number of carbonyl (C=O) groups is 2. The molecule has 0 aromatic heterocycles. The van der Waals surface area contributed by atoms with E-state index < -0.39 is 32.6 Å². The molecular formula is C19H19FN2O6S. The summed E-state index contributed by atoms with van der Waals surface area (Å²) in [5.74, 6) is -2.11. The standard InChI is InChI=1S/C19H19FN2O6S/c1-2-8-22-29(25,26)17-10-14(6-7-16(17)20)19(24)28-11-13-4-3-5-15(9-13)27-12-18(21)23/h2-7,9-10,22H,1,8,11-12H2,(H2,21,23). The first kappa shape index (κ1) is 22.1. The molecule has 0 radical (unpaired) electrons. The van der Waals surface area contributed by atoms with Crippen molar-refractivity contribution in [3.8, 4) is 5.75 Å². The third-order valence-corrected chi connectivity index (χ3v) is 4.96. The Hall–Kier alpha value is -3.24. The van der Waals surface area contributed by atoms with Gasteiger partial charge in [0.15, 0.2) is 6.61 Å². The quantitative estimate of drug-likeness (QED) is 0.442. The molecule has 10 heteroatoms. The zero-order valence-corrected chi connectivity index (χ0v) is 16.1. The van der Waals surface area contributed by atoms with Gasteiger partial charge in [0.2, 0.25) is 10.0 Å². The number of halogens is 1. The molecule has 0 aliphatic rings. The lowest BCUT2D eigenvalue weighted by Crippen LogP contribution is -2.25. The van der Waals surface area contributed by atoms with E-state index in [-0.39, 0.29) is 25.3 Å². The summed E-state index contributed by atoms with van der Waals surface area (Å²) in [6.07, 6.45) is 1.30. The van der Waals surface area contributed by atoms with Gasteiger partial charge in [-0.15, -0.1) is 6.58 Å². The second-order valence-corrected chi connectivity index (χ2v) is 7.50. The van der Waals surface area contributed by atoms with Crippen LogP contribution in [0.3, 0.4) is 0 Å². The van der Waals surface area contributed by atoms with E-state index in [0.717, 1.165) is 18.2 Å². The molecule has 29 heavy (non-hydrogen) atoms. The maximum atomic E-state index is 13.9. The minimum absolute atomic E-state index is 0.0926. The molecule has 0 fully saturated rings. The fourth-order valence-corrected chi connectivity index (χ4v) is 3.29. The fourth-order valence-electron chi connectivity index (χ4n) is 2.19. The Morgan fingerprint density at radius 1 is 1.21 bits per heavy atom. The highest BCUT2D eigenvalue weighted by atomic mass is 32.2. The number of rotatable bonds is 10. The van der Waals surface area contributed by atoms with Crippen LogP contribution < -0.4 is 15.2 Å². The van der Waals surface area contributed by atoms with Crippen molar-refractivity contribution in [3.63, 3.8) is 0 Å². The van der Waals surface area contributed by atoms with E-state index in [0.29, 0.717) is 11.3 Å². The molecular weight excluding hydrogens is 403 g/mol. The SMILES string of the molecule is C=CCNS(=O)(=O)c1cc(C(=O)OCc2cccc(OCC(N)=O)c2)ccc1F. The Labute approximate surface area is 167 Å². The molecule has 2 aromatic rings. The minimum atomic E-state index is -4.15. The van der Waals surface area contributed by atoms with Crippen LogP contribution in [0.1, 0.15) is 15.9 Å². The Morgan fingerprint density at radius 3 is 2.66 bits per heavy atom. The van der Waals surface area contributed by atoms with Crippen molar-refractivity contribution in [1.29, 1.82) is 0 Å². The van der Waals surface area contributed by atoms with Gasteiger partial charge in [0.1, 0.15) is 23.1 Å². The van der Waals surface area contributed by atoms with E-state index >= 15 is 0 Å². The molecule has 0 saturated heterocycles. The van der Waals surface area contributed by atoms with Crippen molar-refractivity contribution in [1.82, 2.24) is 4.72 Å². The third kappa shape index (κ3) is 6.40. The molecule has 2 rings (SSSR count). The van der Waals surface area contributed by atoms with Crippen LogP contribution in [0, 0.1) is 5.82 Å². The molecule has 1 amide bonds. The van der Waals surface area contributed by atoms with Crippen LogP contribution in [0.15, 0.2) is 60.0 Å². The highest BCUT2D eigenvalue weighted by Crippen LogP contribution is 2.18. The Balaban J connectivity index is 2.10. The summed E-state index contributed by atoms with van der Waals surface area (Å²) in [6.45, 7) is 2.84. The number of amides is 1. The molecule has 154 valence electrons. The zero-order valence-electron chi connectivity index (χ0n) is 15.3. The van der Waals surface area contributed by atoms with Crippen molar-refractivity contribution in [3.05, 3.63) is 72.1 Å². The number of primary amides is 1. The van der Waals surface area contributed by atoms with E-state index in [9.17, 15) is 22.4 Å². The number of hydrogen-bond donors (Lipinski definition) is 2. The van der Waals surface area contributed by atoms with Crippen molar-refractivity contribution in [2.75, 3.05) is 13.2 Å². The van der Waals surface area contributed by atoms with Gasteiger partial charge >= 0.3 is 5.97 Å². The molecule has 3 N–H and O–H groups in total. The monoisotopic (exact) mass is 422 g/mol. The highest BCUT2D eigenvalue weighted by Gasteiger charge is 2.21. The fraction of sp³-hybridized carbons (Fsp3) is 0.158. The average Bonchev–Trinajstić information content (AvgIpc) is 2.69. The van der Waals surface area contributed by atoms with Crippen LogP contribution in [0.4, 0.5) is 4.39 Å². The third-order valence-electron chi connectivity index (χ3n) is 3.52. The van der Waals surface area contributed by atoms with Gasteiger partial charge < -0.3 is 15.2 Å². The topological polar surface area (TPSA) is 125 Å². The molecule has 0 bridgehead atoms. The van der Waals surface area contributed by atoms with Crippen LogP contribution in [0.25, 0.3) is 0 Å². The average molecular weight is 422 g/mol. The van der Waals surface area contributed by atoms with Crippen LogP contribution in [-0.4, -0.2) is 33.4 Å². The van der Waals surface area contributed by atoms with Crippen molar-refractivity contribution in [2.45, 2.75) is 11.5 Å². The first-order valence-corrected chi connectivity index (χ1v) is 9.78. The molecule has 0 saturated carbocycles. The second-order valence-electron chi connectivity index (χ2n) is 5.76. The minimum Gasteiger partial charge on any atom is -0.484 e.